The summed E-state index contributed by atoms with van der Waals surface area (Å²) in [6, 6.07) is 8.04. The maximum Gasteiger partial charge on any atom is 0.172 e. The number of benzene rings is 1. The Hall–Kier alpha value is -0.610. The number of rotatable bonds is 9. The van der Waals surface area contributed by atoms with Crippen LogP contribution in [0.25, 0.3) is 0 Å². The van der Waals surface area contributed by atoms with E-state index in [2.05, 4.69) is 18.3 Å². The Labute approximate surface area is 121 Å². The number of ether oxygens (including phenoxy) is 2. The van der Waals surface area contributed by atoms with Crippen molar-refractivity contribution in [3.63, 3.8) is 0 Å². The van der Waals surface area contributed by atoms with Crippen LogP contribution in [-0.2, 0) is 15.9 Å². The second-order valence-corrected chi connectivity index (χ2v) is 4.71. The van der Waals surface area contributed by atoms with E-state index in [1.54, 1.807) is 0 Å². The molecule has 1 rings (SSSR count). The molecule has 0 saturated carbocycles. The summed E-state index contributed by atoms with van der Waals surface area (Å²) in [7, 11) is 0. The standard InChI is InChI=1S/C15H24ClNO2/c1-4-17-14(15(18-5-2)19-6-3)11-12-8-7-9-13(16)10-12/h7-10,14-15,17H,4-6,11H2,1-3H3. The number of hydrogen-bond donors (Lipinski definition) is 1. The topological polar surface area (TPSA) is 30.5 Å². The number of hydrogen-bond acceptors (Lipinski definition) is 3. The molecule has 0 saturated heterocycles. The molecule has 1 aromatic rings. The van der Waals surface area contributed by atoms with Gasteiger partial charge in [0.05, 0.1) is 6.04 Å². The molecule has 19 heavy (non-hydrogen) atoms. The lowest BCUT2D eigenvalue weighted by Gasteiger charge is -2.27. The lowest BCUT2D eigenvalue weighted by Crippen LogP contribution is -2.44. The first-order valence-corrected chi connectivity index (χ1v) is 7.30. The Morgan fingerprint density at radius 2 is 1.84 bits per heavy atom. The normalized spacial score (nSPS) is 12.9. The van der Waals surface area contributed by atoms with Crippen LogP contribution in [0.3, 0.4) is 0 Å². The average Bonchev–Trinajstić information content (AvgIpc) is 2.38. The van der Waals surface area contributed by atoms with Gasteiger partial charge in [0.2, 0.25) is 0 Å². The molecular formula is C15H24ClNO2. The predicted molar refractivity (Wildman–Crippen MR) is 79.7 cm³/mol. The largest absolute Gasteiger partial charge is 0.351 e. The summed E-state index contributed by atoms with van der Waals surface area (Å²) < 4.78 is 11.4. The first-order valence-electron chi connectivity index (χ1n) is 6.92. The van der Waals surface area contributed by atoms with Gasteiger partial charge in [-0.3, -0.25) is 0 Å². The third-order valence-electron chi connectivity index (χ3n) is 2.80. The highest BCUT2D eigenvalue weighted by Crippen LogP contribution is 2.15. The first kappa shape index (κ1) is 16.4. The Kier molecular flexibility index (Phi) is 8.07. The molecule has 0 heterocycles. The number of halogens is 1. The van der Waals surface area contributed by atoms with Crippen molar-refractivity contribution in [3.8, 4) is 0 Å². The van der Waals surface area contributed by atoms with Crippen molar-refractivity contribution in [1.29, 1.82) is 0 Å². The molecule has 1 aromatic carbocycles. The second kappa shape index (κ2) is 9.32. The molecular weight excluding hydrogens is 262 g/mol. The Morgan fingerprint density at radius 1 is 1.16 bits per heavy atom. The SMILES string of the molecule is CCNC(Cc1cccc(Cl)c1)C(OCC)OCC. The monoisotopic (exact) mass is 285 g/mol. The van der Waals surface area contributed by atoms with Crippen molar-refractivity contribution in [3.05, 3.63) is 34.9 Å². The Morgan fingerprint density at radius 3 is 2.37 bits per heavy atom. The lowest BCUT2D eigenvalue weighted by atomic mass is 10.1. The molecule has 108 valence electrons. The van der Waals surface area contributed by atoms with Crippen molar-refractivity contribution in [2.45, 2.75) is 39.5 Å². The summed E-state index contributed by atoms with van der Waals surface area (Å²) in [5.41, 5.74) is 1.18. The van der Waals surface area contributed by atoms with E-state index in [0.717, 1.165) is 18.0 Å². The van der Waals surface area contributed by atoms with E-state index in [4.69, 9.17) is 21.1 Å². The summed E-state index contributed by atoms with van der Waals surface area (Å²) in [4.78, 5) is 0. The summed E-state index contributed by atoms with van der Waals surface area (Å²) >= 11 is 6.02. The molecule has 0 amide bonds. The molecule has 0 aliphatic rings. The first-order chi connectivity index (χ1) is 9.21. The van der Waals surface area contributed by atoms with E-state index >= 15 is 0 Å². The van der Waals surface area contributed by atoms with Crippen LogP contribution in [0.2, 0.25) is 5.02 Å². The highest BCUT2D eigenvalue weighted by molar-refractivity contribution is 6.30. The van der Waals surface area contributed by atoms with Crippen molar-refractivity contribution in [1.82, 2.24) is 5.32 Å². The molecule has 1 unspecified atom stereocenters. The minimum absolute atomic E-state index is 0.128. The van der Waals surface area contributed by atoms with E-state index in [1.165, 1.54) is 5.56 Å². The van der Waals surface area contributed by atoms with Gasteiger partial charge >= 0.3 is 0 Å². The maximum absolute atomic E-state index is 6.02. The van der Waals surface area contributed by atoms with Crippen molar-refractivity contribution < 1.29 is 9.47 Å². The van der Waals surface area contributed by atoms with Crippen LogP contribution in [0.15, 0.2) is 24.3 Å². The van der Waals surface area contributed by atoms with Gasteiger partial charge in [0.25, 0.3) is 0 Å². The van der Waals surface area contributed by atoms with Crippen molar-refractivity contribution in [2.75, 3.05) is 19.8 Å². The van der Waals surface area contributed by atoms with Crippen LogP contribution >= 0.6 is 11.6 Å². The minimum atomic E-state index is -0.228. The van der Waals surface area contributed by atoms with Gasteiger partial charge in [0.1, 0.15) is 0 Å². The van der Waals surface area contributed by atoms with Crippen LogP contribution in [-0.4, -0.2) is 32.1 Å². The maximum atomic E-state index is 6.02. The molecule has 3 nitrogen and oxygen atoms in total. The van der Waals surface area contributed by atoms with E-state index < -0.39 is 0 Å². The lowest BCUT2D eigenvalue weighted by molar-refractivity contribution is -0.153. The fraction of sp³-hybridized carbons (Fsp3) is 0.600. The molecule has 1 atom stereocenters. The summed E-state index contributed by atoms with van der Waals surface area (Å²) in [5.74, 6) is 0. The summed E-state index contributed by atoms with van der Waals surface area (Å²) in [6.45, 7) is 8.20. The van der Waals surface area contributed by atoms with Gasteiger partial charge < -0.3 is 14.8 Å². The van der Waals surface area contributed by atoms with Gasteiger partial charge in [0.15, 0.2) is 6.29 Å². The van der Waals surface area contributed by atoms with Crippen LogP contribution < -0.4 is 5.32 Å². The zero-order chi connectivity index (χ0) is 14.1. The van der Waals surface area contributed by atoms with Crippen molar-refractivity contribution >= 4 is 11.6 Å². The molecule has 0 radical (unpaired) electrons. The molecule has 0 bridgehead atoms. The fourth-order valence-corrected chi connectivity index (χ4v) is 2.27. The smallest absolute Gasteiger partial charge is 0.172 e. The Bertz CT molecular complexity index is 354. The van der Waals surface area contributed by atoms with Gasteiger partial charge in [-0.05, 0) is 44.5 Å². The molecule has 0 aromatic heterocycles. The second-order valence-electron chi connectivity index (χ2n) is 4.28. The van der Waals surface area contributed by atoms with Gasteiger partial charge in [0, 0.05) is 18.2 Å². The zero-order valence-electron chi connectivity index (χ0n) is 12.0. The molecule has 0 aliphatic carbocycles. The average molecular weight is 286 g/mol. The van der Waals surface area contributed by atoms with E-state index in [-0.39, 0.29) is 12.3 Å². The zero-order valence-corrected chi connectivity index (χ0v) is 12.7. The fourth-order valence-electron chi connectivity index (χ4n) is 2.05. The molecule has 0 spiro atoms. The quantitative estimate of drug-likeness (QED) is 0.707. The minimum Gasteiger partial charge on any atom is -0.351 e. The van der Waals surface area contributed by atoms with Crippen LogP contribution in [0, 0.1) is 0 Å². The number of nitrogens with one attached hydrogen (secondary N) is 1. The van der Waals surface area contributed by atoms with E-state index in [1.807, 2.05) is 32.0 Å². The van der Waals surface area contributed by atoms with Gasteiger partial charge in [-0.2, -0.15) is 0 Å². The highest BCUT2D eigenvalue weighted by atomic mass is 35.5. The predicted octanol–water partition coefficient (Wildman–Crippen LogP) is 3.26. The summed E-state index contributed by atoms with van der Waals surface area (Å²) in [6.07, 6.45) is 0.605. The van der Waals surface area contributed by atoms with Crippen LogP contribution in [0.4, 0.5) is 0 Å². The molecule has 0 aliphatic heterocycles. The number of likely N-dealkylation sites (N-methyl/N-ethyl adjacent to an activating group) is 1. The molecule has 0 fully saturated rings. The van der Waals surface area contributed by atoms with E-state index in [9.17, 15) is 0 Å². The molecule has 1 N–H and O–H groups in total. The van der Waals surface area contributed by atoms with E-state index in [0.29, 0.717) is 13.2 Å². The van der Waals surface area contributed by atoms with Gasteiger partial charge in [-0.15, -0.1) is 0 Å². The van der Waals surface area contributed by atoms with Gasteiger partial charge in [-0.25, -0.2) is 0 Å². The van der Waals surface area contributed by atoms with Gasteiger partial charge in [-0.1, -0.05) is 30.7 Å². The molecule has 4 heteroatoms. The Balaban J connectivity index is 2.74. The third kappa shape index (κ3) is 5.91. The highest BCUT2D eigenvalue weighted by Gasteiger charge is 2.21. The van der Waals surface area contributed by atoms with Crippen LogP contribution in [0.1, 0.15) is 26.3 Å². The van der Waals surface area contributed by atoms with Crippen LogP contribution in [0.5, 0.6) is 0 Å². The third-order valence-corrected chi connectivity index (χ3v) is 3.04. The van der Waals surface area contributed by atoms with Crippen molar-refractivity contribution in [2.24, 2.45) is 0 Å². The summed E-state index contributed by atoms with van der Waals surface area (Å²) in [5, 5.41) is 4.19.